The summed E-state index contributed by atoms with van der Waals surface area (Å²) in [7, 11) is -2.62. The Morgan fingerprint density at radius 2 is 1.33 bits per heavy atom. The van der Waals surface area contributed by atoms with Crippen LogP contribution in [0.2, 0.25) is 18.1 Å². The average molecular weight is 762 g/mol. The Kier molecular flexibility index (Phi) is 16.9. The fourth-order valence-electron chi connectivity index (χ4n) is 6.10. The third-order valence-corrected chi connectivity index (χ3v) is 14.9. The minimum atomic E-state index is -2.62. The Labute approximate surface area is 326 Å². The van der Waals surface area contributed by atoms with Gasteiger partial charge in [-0.05, 0) is 124 Å². The molecule has 2 atom stereocenters. The van der Waals surface area contributed by atoms with Crippen molar-refractivity contribution in [2.45, 2.75) is 149 Å². The number of nitrogens with zero attached hydrogens (tertiary/aromatic N) is 1. The van der Waals surface area contributed by atoms with Gasteiger partial charge in [-0.25, -0.2) is 4.79 Å². The van der Waals surface area contributed by atoms with Crippen molar-refractivity contribution in [1.82, 2.24) is 4.90 Å². The highest BCUT2D eigenvalue weighted by Gasteiger charge is 2.47. The number of aryl methyl sites for hydroxylation is 4. The third kappa shape index (κ3) is 14.6. The second-order valence-corrected chi connectivity index (χ2v) is 22.1. The molecule has 8 nitrogen and oxygen atoms in total. The van der Waals surface area contributed by atoms with Gasteiger partial charge < -0.3 is 23.9 Å². The van der Waals surface area contributed by atoms with Gasteiger partial charge in [0.15, 0.2) is 20.5 Å². The van der Waals surface area contributed by atoms with Crippen molar-refractivity contribution in [2.75, 3.05) is 19.7 Å². The zero-order valence-electron chi connectivity index (χ0n) is 34.8. The number of carbonyl (C=O) groups excluding carboxylic acids is 2. The molecule has 3 aromatic rings. The molecule has 9 heteroatoms. The van der Waals surface area contributed by atoms with Crippen LogP contribution in [0, 0.1) is 13.8 Å². The average Bonchev–Trinajstić information content (AvgIpc) is 3.08. The molecule has 0 aliphatic carbocycles. The molecule has 54 heavy (non-hydrogen) atoms. The minimum Gasteiger partial charge on any atom is -0.481 e. The van der Waals surface area contributed by atoms with Gasteiger partial charge in [0.25, 0.3) is 5.91 Å². The lowest BCUT2D eigenvalue weighted by atomic mass is 10.0. The first-order valence-electron chi connectivity index (χ1n) is 19.8. The van der Waals surface area contributed by atoms with E-state index >= 15 is 0 Å². The first kappa shape index (κ1) is 44.9. The number of rotatable bonds is 21. The third-order valence-electron chi connectivity index (χ3n) is 10.5. The Morgan fingerprint density at radius 3 is 1.94 bits per heavy atom. The summed E-state index contributed by atoms with van der Waals surface area (Å²) in [5, 5.41) is 11.8. The molecule has 3 rings (SSSR count). The summed E-state index contributed by atoms with van der Waals surface area (Å²) in [6, 6.07) is 21.4. The van der Waals surface area contributed by atoms with Gasteiger partial charge in [0.2, 0.25) is 0 Å². The van der Waals surface area contributed by atoms with Crippen molar-refractivity contribution in [1.29, 1.82) is 0 Å². The summed E-state index contributed by atoms with van der Waals surface area (Å²) >= 11 is 0. The van der Waals surface area contributed by atoms with Crippen LogP contribution in [0.25, 0.3) is 10.8 Å². The van der Waals surface area contributed by atoms with Crippen molar-refractivity contribution < 1.29 is 33.4 Å². The number of benzene rings is 3. The number of esters is 1. The standard InChI is InChI=1S/C45H67NO7Si/c1-33-23-24-35(31-34(33)2)19-14-12-18-30-51-40(41(43(50)52-44(3,4)5)53-54(9,10)45(6,7)8)42(49)46(29-27-39(47)48)28-17-11-13-20-36-25-26-37-21-15-16-22-38(37)32-36/h15-16,21-26,31-32,40-41H,11-14,17-20,27-30H2,1-10H3,(H,47,48)/t40-,41-/m1/s1. The molecule has 1 amide bonds. The lowest BCUT2D eigenvalue weighted by molar-refractivity contribution is -0.178. The molecule has 0 aliphatic heterocycles. The number of carbonyl (C=O) groups is 3. The predicted molar refractivity (Wildman–Crippen MR) is 221 cm³/mol. The highest BCUT2D eigenvalue weighted by atomic mass is 28.4. The van der Waals surface area contributed by atoms with Crippen LogP contribution in [0.3, 0.4) is 0 Å². The van der Waals surface area contributed by atoms with E-state index in [0.717, 1.165) is 38.5 Å². The molecule has 0 unspecified atom stereocenters. The molecule has 0 fully saturated rings. The largest absolute Gasteiger partial charge is 0.481 e. The number of carboxylic acid groups (broad SMARTS) is 1. The van der Waals surface area contributed by atoms with E-state index in [4.69, 9.17) is 13.9 Å². The van der Waals surface area contributed by atoms with E-state index in [-0.39, 0.29) is 24.6 Å². The molecular weight excluding hydrogens is 695 g/mol. The van der Waals surface area contributed by atoms with Gasteiger partial charge in [-0.15, -0.1) is 0 Å². The lowest BCUT2D eigenvalue weighted by Gasteiger charge is -2.41. The van der Waals surface area contributed by atoms with Crippen molar-refractivity contribution in [3.05, 3.63) is 82.9 Å². The second-order valence-electron chi connectivity index (χ2n) is 17.3. The van der Waals surface area contributed by atoms with E-state index < -0.39 is 44.0 Å². The summed E-state index contributed by atoms with van der Waals surface area (Å²) in [6.07, 6.45) is 4.07. The lowest BCUT2D eigenvalue weighted by Crippen LogP contribution is -2.57. The highest BCUT2D eigenvalue weighted by Crippen LogP contribution is 2.38. The number of amides is 1. The van der Waals surface area contributed by atoms with E-state index in [1.54, 1.807) is 25.7 Å². The molecule has 1 N–H and O–H groups in total. The van der Waals surface area contributed by atoms with Crippen molar-refractivity contribution in [2.24, 2.45) is 0 Å². The van der Waals surface area contributed by atoms with Gasteiger partial charge in [-0.3, -0.25) is 9.59 Å². The summed E-state index contributed by atoms with van der Waals surface area (Å²) in [5.74, 6) is -2.07. The smallest absolute Gasteiger partial charge is 0.337 e. The molecule has 0 saturated heterocycles. The Balaban J connectivity index is 1.79. The fraction of sp³-hybridized carbons (Fsp3) is 0.578. The van der Waals surface area contributed by atoms with Gasteiger partial charge in [0.05, 0.1) is 6.42 Å². The maximum Gasteiger partial charge on any atom is 0.337 e. The topological polar surface area (TPSA) is 102 Å². The van der Waals surface area contributed by atoms with Crippen LogP contribution < -0.4 is 0 Å². The van der Waals surface area contributed by atoms with E-state index in [1.807, 2.05) is 25.2 Å². The summed E-state index contributed by atoms with van der Waals surface area (Å²) < 4.78 is 19.0. The van der Waals surface area contributed by atoms with E-state index in [2.05, 4.69) is 83.1 Å². The van der Waals surface area contributed by atoms with Gasteiger partial charge in [0, 0.05) is 19.7 Å². The monoisotopic (exact) mass is 761 g/mol. The van der Waals surface area contributed by atoms with Gasteiger partial charge in [-0.2, -0.15) is 0 Å². The number of hydrogen-bond acceptors (Lipinski definition) is 6. The molecule has 0 radical (unpaired) electrons. The van der Waals surface area contributed by atoms with Crippen LogP contribution in [0.15, 0.2) is 60.7 Å². The maximum atomic E-state index is 14.6. The first-order chi connectivity index (χ1) is 25.3. The normalized spacial score (nSPS) is 13.4. The molecule has 0 aliphatic rings. The quantitative estimate of drug-likeness (QED) is 0.0655. The molecule has 3 aromatic carbocycles. The molecule has 0 aromatic heterocycles. The van der Waals surface area contributed by atoms with Crippen molar-refractivity contribution in [3.63, 3.8) is 0 Å². The minimum absolute atomic E-state index is 0.00972. The van der Waals surface area contributed by atoms with E-state index in [0.29, 0.717) is 19.4 Å². The molecule has 0 saturated carbocycles. The van der Waals surface area contributed by atoms with Gasteiger partial charge in [0.1, 0.15) is 5.60 Å². The molecule has 0 bridgehead atoms. The van der Waals surface area contributed by atoms with Gasteiger partial charge in [-0.1, -0.05) is 94.3 Å². The molecule has 0 heterocycles. The zero-order valence-corrected chi connectivity index (χ0v) is 35.8. The summed E-state index contributed by atoms with van der Waals surface area (Å²) in [6.45, 7) is 20.5. The number of ether oxygens (including phenoxy) is 2. The Morgan fingerprint density at radius 1 is 0.722 bits per heavy atom. The fourth-order valence-corrected chi connectivity index (χ4v) is 7.31. The first-order valence-corrected chi connectivity index (χ1v) is 22.7. The number of unbranched alkanes of at least 4 members (excludes halogenated alkanes) is 4. The van der Waals surface area contributed by atoms with Crippen LogP contribution in [-0.4, -0.2) is 73.7 Å². The highest BCUT2D eigenvalue weighted by molar-refractivity contribution is 6.74. The predicted octanol–water partition coefficient (Wildman–Crippen LogP) is 10.0. The van der Waals surface area contributed by atoms with E-state index in [1.165, 1.54) is 33.0 Å². The summed E-state index contributed by atoms with van der Waals surface area (Å²) in [5.41, 5.74) is 4.30. The van der Waals surface area contributed by atoms with Crippen LogP contribution in [0.1, 0.15) is 109 Å². The van der Waals surface area contributed by atoms with Crippen molar-refractivity contribution in [3.8, 4) is 0 Å². The SMILES string of the molecule is Cc1ccc(CCCCCO[C@@H](C(=O)N(CCCCCc2ccc3ccccc3c2)CCC(=O)O)[C@@H](O[Si](C)(C)C(C)(C)C)C(=O)OC(C)(C)C)cc1C. The van der Waals surface area contributed by atoms with Crippen LogP contribution >= 0.6 is 0 Å². The number of carboxylic acids is 1. The van der Waals surface area contributed by atoms with Crippen LogP contribution in [0.4, 0.5) is 0 Å². The number of hydrogen-bond donors (Lipinski definition) is 1. The summed E-state index contributed by atoms with van der Waals surface area (Å²) in [4.78, 5) is 41.9. The second kappa shape index (κ2) is 20.4. The Bertz CT molecular complexity index is 1670. The van der Waals surface area contributed by atoms with Crippen molar-refractivity contribution >= 4 is 36.9 Å². The molecule has 0 spiro atoms. The van der Waals surface area contributed by atoms with Crippen LogP contribution in [-0.2, 0) is 41.1 Å². The maximum absolute atomic E-state index is 14.6. The Hall–Kier alpha value is -3.53. The number of aliphatic carboxylic acids is 1. The zero-order chi connectivity index (χ0) is 40.1. The number of fused-ring (bicyclic) bond motifs is 1. The van der Waals surface area contributed by atoms with Gasteiger partial charge >= 0.3 is 11.9 Å². The molecular formula is C45H67NO7Si. The molecule has 298 valence electrons. The van der Waals surface area contributed by atoms with E-state index in [9.17, 15) is 19.5 Å². The van der Waals surface area contributed by atoms with Crippen LogP contribution in [0.5, 0.6) is 0 Å².